The van der Waals surface area contributed by atoms with Crippen LogP contribution in [0.2, 0.25) is 0 Å². The lowest BCUT2D eigenvalue weighted by atomic mass is 9.87. The second-order valence-electron chi connectivity index (χ2n) is 11.4. The van der Waals surface area contributed by atoms with Gasteiger partial charge in [0, 0.05) is 26.0 Å². The van der Waals surface area contributed by atoms with E-state index in [2.05, 4.69) is 101 Å². The molecular weight excluding hydrogens is 533 g/mol. The maximum absolute atomic E-state index is 6.07. The molecule has 8 heteroatoms. The topological polar surface area (TPSA) is 67.6 Å². The third-order valence-electron chi connectivity index (χ3n) is 7.94. The van der Waals surface area contributed by atoms with E-state index in [1.807, 2.05) is 31.6 Å². The number of aromatic nitrogens is 3. The Morgan fingerprint density at radius 2 is 1.41 bits per heavy atom. The molecule has 0 unspecified atom stereocenters. The molecule has 2 atom stereocenters. The number of nitrogens with zero attached hydrogens (tertiary/aromatic N) is 3. The molecule has 0 spiro atoms. The number of aryl methyl sites for hydroxylation is 1. The molecule has 0 aliphatic carbocycles. The van der Waals surface area contributed by atoms with Crippen molar-refractivity contribution in [1.82, 2.24) is 15.0 Å². The summed E-state index contributed by atoms with van der Waals surface area (Å²) in [4.78, 5) is 11.1. The summed E-state index contributed by atoms with van der Waals surface area (Å²) in [6, 6.07) is 33.0. The predicted octanol–water partition coefficient (Wildman–Crippen LogP) is 5.29. The third kappa shape index (κ3) is 6.77. The Labute approximate surface area is 244 Å². The third-order valence-corrected chi connectivity index (χ3v) is 12.5. The van der Waals surface area contributed by atoms with Gasteiger partial charge in [0.2, 0.25) is 5.79 Å². The number of rotatable bonds is 12. The SMILES string of the molecule is CO[C@@]1(C)OOC(C)(C)C[C@H]1COCc1cn(CCC[P+](c2ccccc2)(c2ccccc2)c2ccccc2)nn1. The number of hydrogen-bond donors (Lipinski definition) is 0. The summed E-state index contributed by atoms with van der Waals surface area (Å²) in [7, 11) is -0.234. The second kappa shape index (κ2) is 12.9. The number of ether oxygens (including phenoxy) is 2. The lowest BCUT2D eigenvalue weighted by Crippen LogP contribution is -2.51. The number of hydrogen-bond acceptors (Lipinski definition) is 6. The zero-order valence-corrected chi connectivity index (χ0v) is 25.4. The average molecular weight is 575 g/mol. The Kier molecular flexibility index (Phi) is 9.32. The molecule has 7 nitrogen and oxygen atoms in total. The molecule has 1 saturated heterocycles. The van der Waals surface area contributed by atoms with Crippen LogP contribution in [0.15, 0.2) is 97.2 Å². The standard InChI is InChI=1S/C33H41N3O4P/c1-32(2)23-27(33(3,37-4)40-39-32)25-38-26-28-24-36(35-34-28)21-14-22-41(29-15-8-5-9-16-29,30-17-10-6-11-18-30)31-19-12-7-13-20-31/h5-13,15-20,24,27H,14,21-23,25-26H2,1-4H3/q+1/t27-,33-/m0/s1. The van der Waals surface area contributed by atoms with Crippen molar-refractivity contribution >= 4 is 23.2 Å². The van der Waals surface area contributed by atoms with Crippen molar-refractivity contribution in [3.8, 4) is 0 Å². The molecule has 0 saturated carbocycles. The van der Waals surface area contributed by atoms with Crippen LogP contribution in [0, 0.1) is 5.92 Å². The molecule has 1 aliphatic rings. The highest BCUT2D eigenvalue weighted by molar-refractivity contribution is 7.95. The van der Waals surface area contributed by atoms with Crippen molar-refractivity contribution in [3.05, 3.63) is 103 Å². The van der Waals surface area contributed by atoms with Gasteiger partial charge in [-0.2, -0.15) is 0 Å². The van der Waals surface area contributed by atoms with Gasteiger partial charge in [-0.1, -0.05) is 59.8 Å². The fraction of sp³-hybridized carbons (Fsp3) is 0.394. The van der Waals surface area contributed by atoms with E-state index in [1.54, 1.807) is 7.11 Å². The molecule has 5 rings (SSSR count). The van der Waals surface area contributed by atoms with Gasteiger partial charge in [-0.3, -0.25) is 4.68 Å². The van der Waals surface area contributed by atoms with E-state index >= 15 is 0 Å². The van der Waals surface area contributed by atoms with Gasteiger partial charge in [-0.15, -0.1) is 5.10 Å². The zero-order valence-electron chi connectivity index (χ0n) is 24.5. The smallest absolute Gasteiger partial charge is 0.203 e. The Morgan fingerprint density at radius 1 is 0.854 bits per heavy atom. The molecule has 41 heavy (non-hydrogen) atoms. The summed E-state index contributed by atoms with van der Waals surface area (Å²) in [5.74, 6) is -0.823. The van der Waals surface area contributed by atoms with Gasteiger partial charge in [-0.05, 0) is 63.6 Å². The lowest BCUT2D eigenvalue weighted by Gasteiger charge is -2.44. The van der Waals surface area contributed by atoms with Crippen molar-refractivity contribution in [1.29, 1.82) is 0 Å². The van der Waals surface area contributed by atoms with Crippen LogP contribution in [0.1, 0.15) is 39.3 Å². The van der Waals surface area contributed by atoms with Crippen molar-refractivity contribution in [3.63, 3.8) is 0 Å². The van der Waals surface area contributed by atoms with Gasteiger partial charge in [0.25, 0.3) is 0 Å². The summed E-state index contributed by atoms with van der Waals surface area (Å²) in [5, 5.41) is 13.0. The molecule has 0 amide bonds. The number of methoxy groups -OCH3 is 1. The predicted molar refractivity (Wildman–Crippen MR) is 164 cm³/mol. The number of benzene rings is 3. The largest absolute Gasteiger partial charge is 0.375 e. The van der Waals surface area contributed by atoms with Crippen LogP contribution >= 0.6 is 7.26 Å². The molecule has 0 bridgehead atoms. The molecule has 1 fully saturated rings. The summed E-state index contributed by atoms with van der Waals surface area (Å²) in [5.41, 5.74) is 0.415. The van der Waals surface area contributed by atoms with Crippen LogP contribution in [0.3, 0.4) is 0 Å². The minimum Gasteiger partial charge on any atom is -0.375 e. The van der Waals surface area contributed by atoms with E-state index < -0.39 is 18.7 Å². The van der Waals surface area contributed by atoms with Crippen LogP contribution in [0.5, 0.6) is 0 Å². The van der Waals surface area contributed by atoms with Crippen molar-refractivity contribution in [2.24, 2.45) is 5.92 Å². The van der Waals surface area contributed by atoms with Gasteiger partial charge in [-0.25, -0.2) is 9.78 Å². The summed E-state index contributed by atoms with van der Waals surface area (Å²) < 4.78 is 13.6. The van der Waals surface area contributed by atoms with Crippen molar-refractivity contribution in [2.45, 2.75) is 58.2 Å². The van der Waals surface area contributed by atoms with Crippen LogP contribution in [-0.4, -0.2) is 46.3 Å². The quantitative estimate of drug-likeness (QED) is 0.169. The Hall–Kier alpha value is -2.93. The second-order valence-corrected chi connectivity index (χ2v) is 15.0. The highest BCUT2D eigenvalue weighted by Crippen LogP contribution is 2.55. The van der Waals surface area contributed by atoms with E-state index in [4.69, 9.17) is 19.2 Å². The van der Waals surface area contributed by atoms with Crippen molar-refractivity contribution < 1.29 is 19.2 Å². The molecule has 0 radical (unpaired) electrons. The minimum atomic E-state index is -1.86. The first kappa shape index (κ1) is 29.6. The van der Waals surface area contributed by atoms with Gasteiger partial charge in [0.1, 0.15) is 28.9 Å². The van der Waals surface area contributed by atoms with Gasteiger partial charge < -0.3 is 9.47 Å². The van der Waals surface area contributed by atoms with Gasteiger partial charge in [0.05, 0.1) is 31.2 Å². The Morgan fingerprint density at radius 3 is 1.95 bits per heavy atom. The Bertz CT molecular complexity index is 1270. The first-order chi connectivity index (χ1) is 19.8. The highest BCUT2D eigenvalue weighted by Gasteiger charge is 2.47. The zero-order chi connectivity index (χ0) is 28.8. The molecule has 1 aliphatic heterocycles. The normalized spacial score (nSPS) is 20.6. The van der Waals surface area contributed by atoms with E-state index in [1.165, 1.54) is 15.9 Å². The lowest BCUT2D eigenvalue weighted by molar-refractivity contribution is -0.495. The van der Waals surface area contributed by atoms with Gasteiger partial charge in [0.15, 0.2) is 0 Å². The monoisotopic (exact) mass is 574 g/mol. The summed E-state index contributed by atoms with van der Waals surface area (Å²) in [6.45, 7) is 7.53. The van der Waals surface area contributed by atoms with E-state index in [-0.39, 0.29) is 5.92 Å². The van der Waals surface area contributed by atoms with Crippen LogP contribution < -0.4 is 15.9 Å². The average Bonchev–Trinajstić information content (AvgIpc) is 3.46. The van der Waals surface area contributed by atoms with Crippen molar-refractivity contribution in [2.75, 3.05) is 19.9 Å². The molecule has 3 aromatic carbocycles. The first-order valence-corrected chi connectivity index (χ1v) is 16.3. The van der Waals surface area contributed by atoms with Gasteiger partial charge >= 0.3 is 0 Å². The molecule has 4 aromatic rings. The van der Waals surface area contributed by atoms with Crippen LogP contribution in [0.4, 0.5) is 0 Å². The Balaban J connectivity index is 1.26. The van der Waals surface area contributed by atoms with Crippen LogP contribution in [0.25, 0.3) is 0 Å². The fourth-order valence-corrected chi connectivity index (χ4v) is 9.99. The molecule has 1 aromatic heterocycles. The highest BCUT2D eigenvalue weighted by atomic mass is 31.2. The minimum absolute atomic E-state index is 0.0253. The maximum atomic E-state index is 6.07. The maximum Gasteiger partial charge on any atom is 0.203 e. The fourth-order valence-electron chi connectivity index (χ4n) is 5.66. The van der Waals surface area contributed by atoms with Crippen LogP contribution in [-0.2, 0) is 32.4 Å². The van der Waals surface area contributed by atoms with E-state index in [9.17, 15) is 0 Å². The van der Waals surface area contributed by atoms with E-state index in [0.717, 1.165) is 31.2 Å². The molecule has 216 valence electrons. The molecule has 2 heterocycles. The first-order valence-electron chi connectivity index (χ1n) is 14.3. The van der Waals surface area contributed by atoms with E-state index in [0.29, 0.717) is 13.2 Å². The molecular formula is C33H41N3O4P+. The summed E-state index contributed by atoms with van der Waals surface area (Å²) in [6.07, 6.45) is 4.76. The molecule has 0 N–H and O–H groups in total. The summed E-state index contributed by atoms with van der Waals surface area (Å²) >= 11 is 0.